The maximum atomic E-state index is 10.8. The highest BCUT2D eigenvalue weighted by molar-refractivity contribution is 7.13. The molecule has 0 bridgehead atoms. The van der Waals surface area contributed by atoms with E-state index in [4.69, 9.17) is 0 Å². The van der Waals surface area contributed by atoms with Crippen molar-refractivity contribution in [3.8, 4) is 0 Å². The lowest BCUT2D eigenvalue weighted by Gasteiger charge is -2.20. The minimum atomic E-state index is -0.0577. The second kappa shape index (κ2) is 4.72. The third kappa shape index (κ3) is 2.76. The number of nitrogens with one attached hydrogen (secondary N) is 2. The molecule has 15 heavy (non-hydrogen) atoms. The third-order valence-electron chi connectivity index (χ3n) is 2.52. The van der Waals surface area contributed by atoms with Crippen molar-refractivity contribution in [2.75, 3.05) is 18.4 Å². The number of amides is 1. The highest BCUT2D eigenvalue weighted by Gasteiger charge is 2.17. The zero-order valence-electron chi connectivity index (χ0n) is 8.75. The third-order valence-corrected chi connectivity index (χ3v) is 3.30. The first kappa shape index (κ1) is 10.6. The molecule has 1 aromatic rings. The molecule has 1 saturated heterocycles. The Morgan fingerprint density at radius 3 is 3.27 bits per heavy atom. The monoisotopic (exact) mass is 225 g/mol. The van der Waals surface area contributed by atoms with Gasteiger partial charge < -0.3 is 10.6 Å². The molecule has 1 aliphatic rings. The molecule has 2 heterocycles. The van der Waals surface area contributed by atoms with Crippen molar-refractivity contribution in [1.29, 1.82) is 0 Å². The van der Waals surface area contributed by atoms with Gasteiger partial charge in [0.05, 0.1) is 5.69 Å². The number of anilines is 1. The van der Waals surface area contributed by atoms with Crippen molar-refractivity contribution < 1.29 is 4.79 Å². The molecule has 1 atom stereocenters. The van der Waals surface area contributed by atoms with Gasteiger partial charge in [0.15, 0.2) is 5.13 Å². The van der Waals surface area contributed by atoms with Gasteiger partial charge in [-0.05, 0) is 19.4 Å². The summed E-state index contributed by atoms with van der Waals surface area (Å²) in [6.45, 7) is 3.62. The quantitative estimate of drug-likeness (QED) is 0.803. The summed E-state index contributed by atoms with van der Waals surface area (Å²) < 4.78 is 0. The summed E-state index contributed by atoms with van der Waals surface area (Å²) in [6, 6.07) is 0. The molecule has 4 nitrogen and oxygen atoms in total. The van der Waals surface area contributed by atoms with Crippen LogP contribution in [0.4, 0.5) is 5.13 Å². The maximum absolute atomic E-state index is 10.8. The van der Waals surface area contributed by atoms with Crippen molar-refractivity contribution in [2.45, 2.75) is 25.7 Å². The Morgan fingerprint density at radius 1 is 1.73 bits per heavy atom. The van der Waals surface area contributed by atoms with Crippen LogP contribution in [-0.4, -0.2) is 24.0 Å². The molecule has 0 saturated carbocycles. The molecule has 1 amide bonds. The highest BCUT2D eigenvalue weighted by Crippen LogP contribution is 2.26. The molecule has 82 valence electrons. The standard InChI is InChI=1S/C10H15N3OS/c1-7(14)12-10-13-9(6-15-10)8-3-2-4-11-5-8/h6,8,11H,2-5H2,1H3,(H,12,13,14). The molecule has 0 aromatic carbocycles. The molecule has 1 aliphatic heterocycles. The van der Waals surface area contributed by atoms with Crippen LogP contribution in [0.15, 0.2) is 5.38 Å². The van der Waals surface area contributed by atoms with Crippen LogP contribution in [0, 0.1) is 0 Å². The molecule has 2 rings (SSSR count). The van der Waals surface area contributed by atoms with E-state index in [1.807, 2.05) is 5.38 Å². The number of aromatic nitrogens is 1. The number of thiazole rings is 1. The number of rotatable bonds is 2. The molecule has 0 aliphatic carbocycles. The van der Waals surface area contributed by atoms with E-state index in [-0.39, 0.29) is 5.91 Å². The molecule has 1 unspecified atom stereocenters. The van der Waals surface area contributed by atoms with E-state index in [1.54, 1.807) is 0 Å². The van der Waals surface area contributed by atoms with Crippen molar-refractivity contribution in [1.82, 2.24) is 10.3 Å². The van der Waals surface area contributed by atoms with Crippen LogP contribution < -0.4 is 10.6 Å². The van der Waals surface area contributed by atoms with Crippen LogP contribution in [-0.2, 0) is 4.79 Å². The summed E-state index contributed by atoms with van der Waals surface area (Å²) in [4.78, 5) is 15.3. The number of hydrogen-bond donors (Lipinski definition) is 2. The first-order chi connectivity index (χ1) is 7.25. The van der Waals surface area contributed by atoms with Crippen molar-refractivity contribution >= 4 is 22.4 Å². The lowest BCUT2D eigenvalue weighted by atomic mass is 9.97. The van der Waals surface area contributed by atoms with Gasteiger partial charge in [-0.2, -0.15) is 0 Å². The Labute approximate surface area is 93.1 Å². The topological polar surface area (TPSA) is 54.0 Å². The summed E-state index contributed by atoms with van der Waals surface area (Å²) in [6.07, 6.45) is 2.40. The number of carbonyl (C=O) groups excluding carboxylic acids is 1. The number of hydrogen-bond acceptors (Lipinski definition) is 4. The van der Waals surface area contributed by atoms with Crippen molar-refractivity contribution in [2.24, 2.45) is 0 Å². The van der Waals surface area contributed by atoms with Gasteiger partial charge in [0.25, 0.3) is 0 Å². The van der Waals surface area contributed by atoms with Gasteiger partial charge in [-0.25, -0.2) is 4.98 Å². The predicted molar refractivity (Wildman–Crippen MR) is 61.3 cm³/mol. The Kier molecular flexibility index (Phi) is 3.33. The van der Waals surface area contributed by atoms with Gasteiger partial charge in [-0.1, -0.05) is 0 Å². The van der Waals surface area contributed by atoms with E-state index in [0.717, 1.165) is 18.8 Å². The summed E-state index contributed by atoms with van der Waals surface area (Å²) in [5.74, 6) is 0.454. The normalized spacial score (nSPS) is 21.3. The first-order valence-electron chi connectivity index (χ1n) is 5.19. The minimum Gasteiger partial charge on any atom is -0.316 e. The summed E-state index contributed by atoms with van der Waals surface area (Å²) >= 11 is 1.50. The van der Waals surface area contributed by atoms with Gasteiger partial charge in [-0.3, -0.25) is 4.79 Å². The Hall–Kier alpha value is -0.940. The highest BCUT2D eigenvalue weighted by atomic mass is 32.1. The number of piperidine rings is 1. The van der Waals surface area contributed by atoms with Crippen LogP contribution in [0.25, 0.3) is 0 Å². The summed E-state index contributed by atoms with van der Waals surface area (Å²) in [7, 11) is 0. The van der Waals surface area contributed by atoms with Crippen molar-refractivity contribution in [3.05, 3.63) is 11.1 Å². The Balaban J connectivity index is 2.02. The van der Waals surface area contributed by atoms with Crippen LogP contribution in [0.3, 0.4) is 0 Å². The molecular formula is C10H15N3OS. The van der Waals surface area contributed by atoms with Crippen LogP contribution in [0.1, 0.15) is 31.4 Å². The molecule has 1 aromatic heterocycles. The van der Waals surface area contributed by atoms with Crippen LogP contribution >= 0.6 is 11.3 Å². The smallest absolute Gasteiger partial charge is 0.223 e. The second-order valence-corrected chi connectivity index (χ2v) is 4.66. The fraction of sp³-hybridized carbons (Fsp3) is 0.600. The lowest BCUT2D eigenvalue weighted by molar-refractivity contribution is -0.114. The first-order valence-corrected chi connectivity index (χ1v) is 6.07. The Morgan fingerprint density at radius 2 is 2.60 bits per heavy atom. The SMILES string of the molecule is CC(=O)Nc1nc(C2CCCNC2)cs1. The van der Waals surface area contributed by atoms with Crippen LogP contribution in [0.5, 0.6) is 0 Å². The fourth-order valence-corrected chi connectivity index (χ4v) is 2.62. The zero-order valence-corrected chi connectivity index (χ0v) is 9.56. The van der Waals surface area contributed by atoms with E-state index in [2.05, 4.69) is 15.6 Å². The lowest BCUT2D eigenvalue weighted by Crippen LogP contribution is -2.28. The number of carbonyl (C=O) groups is 1. The Bertz CT molecular complexity index is 344. The van der Waals surface area contributed by atoms with E-state index < -0.39 is 0 Å². The molecule has 2 N–H and O–H groups in total. The van der Waals surface area contributed by atoms with E-state index >= 15 is 0 Å². The van der Waals surface area contributed by atoms with Gasteiger partial charge in [-0.15, -0.1) is 11.3 Å². The zero-order chi connectivity index (χ0) is 10.7. The summed E-state index contributed by atoms with van der Waals surface area (Å²) in [5.41, 5.74) is 1.11. The average molecular weight is 225 g/mol. The maximum Gasteiger partial charge on any atom is 0.223 e. The molecular weight excluding hydrogens is 210 g/mol. The molecule has 0 spiro atoms. The van der Waals surface area contributed by atoms with Gasteiger partial charge in [0.1, 0.15) is 0 Å². The summed E-state index contributed by atoms with van der Waals surface area (Å²) in [5, 5.41) is 8.83. The van der Waals surface area contributed by atoms with E-state index in [1.165, 1.54) is 31.1 Å². The van der Waals surface area contributed by atoms with Gasteiger partial charge in [0.2, 0.25) is 5.91 Å². The molecule has 1 fully saturated rings. The number of nitrogens with zero attached hydrogens (tertiary/aromatic N) is 1. The van der Waals surface area contributed by atoms with Gasteiger partial charge >= 0.3 is 0 Å². The molecule has 0 radical (unpaired) electrons. The molecule has 5 heteroatoms. The average Bonchev–Trinajstić information content (AvgIpc) is 2.67. The van der Waals surface area contributed by atoms with Crippen LogP contribution in [0.2, 0.25) is 0 Å². The second-order valence-electron chi connectivity index (χ2n) is 3.80. The minimum absolute atomic E-state index is 0.0577. The largest absolute Gasteiger partial charge is 0.316 e. The van der Waals surface area contributed by atoms with E-state index in [9.17, 15) is 4.79 Å². The fourth-order valence-electron chi connectivity index (χ4n) is 1.79. The van der Waals surface area contributed by atoms with E-state index in [0.29, 0.717) is 11.0 Å². The predicted octanol–water partition coefficient (Wildman–Crippen LogP) is 1.57. The van der Waals surface area contributed by atoms with Crippen molar-refractivity contribution in [3.63, 3.8) is 0 Å². The van der Waals surface area contributed by atoms with Gasteiger partial charge in [0, 0.05) is 24.8 Å².